The Hall–Kier alpha value is -0.820. The molecule has 0 aliphatic carbocycles. The van der Waals surface area contributed by atoms with Gasteiger partial charge in [0, 0.05) is 24.7 Å². The summed E-state index contributed by atoms with van der Waals surface area (Å²) in [5.74, 6) is 0.162. The molecule has 1 atom stereocenters. The second-order valence-electron chi connectivity index (χ2n) is 5.16. The summed E-state index contributed by atoms with van der Waals surface area (Å²) < 4.78 is 0.760. The van der Waals surface area contributed by atoms with E-state index in [4.69, 9.17) is 0 Å². The van der Waals surface area contributed by atoms with Crippen molar-refractivity contribution in [3.63, 3.8) is 0 Å². The van der Waals surface area contributed by atoms with Crippen LogP contribution in [0.25, 0.3) is 0 Å². The average molecular weight is 388 g/mol. The summed E-state index contributed by atoms with van der Waals surface area (Å²) in [5, 5.41) is 13.2. The lowest BCUT2D eigenvalue weighted by Gasteiger charge is -2.30. The SMILES string of the molecule is CCN(CC1CCCCN1)C(=O)c1ccc(I)c(O)c1. The standard InChI is InChI=1S/C15H21IN2O2/c1-2-18(10-12-5-3-4-8-17-12)15(20)11-6-7-13(16)14(19)9-11/h6-7,9,12,17,19H,2-5,8,10H2,1H3. The van der Waals surface area contributed by atoms with Crippen molar-refractivity contribution in [3.05, 3.63) is 27.3 Å². The van der Waals surface area contributed by atoms with Crippen molar-refractivity contribution in [1.29, 1.82) is 0 Å². The zero-order valence-corrected chi connectivity index (χ0v) is 13.9. The fraction of sp³-hybridized carbons (Fsp3) is 0.533. The summed E-state index contributed by atoms with van der Waals surface area (Å²) in [6.45, 7) is 4.46. The van der Waals surface area contributed by atoms with Gasteiger partial charge in [-0.05, 0) is 67.1 Å². The number of carbonyl (C=O) groups excluding carboxylic acids is 1. The lowest BCUT2D eigenvalue weighted by atomic mass is 10.0. The third kappa shape index (κ3) is 3.85. The number of likely N-dealkylation sites (N-methyl/N-ethyl adjacent to an activating group) is 1. The van der Waals surface area contributed by atoms with Crippen LogP contribution in [0.15, 0.2) is 18.2 Å². The first-order chi connectivity index (χ1) is 9.61. The summed E-state index contributed by atoms with van der Waals surface area (Å²) in [7, 11) is 0. The summed E-state index contributed by atoms with van der Waals surface area (Å²) in [6.07, 6.45) is 3.58. The molecule has 5 heteroatoms. The first kappa shape index (κ1) is 15.6. The van der Waals surface area contributed by atoms with Gasteiger partial charge in [0.25, 0.3) is 5.91 Å². The molecule has 1 aromatic rings. The zero-order chi connectivity index (χ0) is 14.5. The number of rotatable bonds is 4. The number of phenols is 1. The van der Waals surface area contributed by atoms with Gasteiger partial charge in [0.2, 0.25) is 0 Å². The van der Waals surface area contributed by atoms with Gasteiger partial charge >= 0.3 is 0 Å². The Morgan fingerprint density at radius 2 is 2.30 bits per heavy atom. The van der Waals surface area contributed by atoms with Crippen molar-refractivity contribution >= 4 is 28.5 Å². The molecule has 0 aromatic heterocycles. The molecular weight excluding hydrogens is 367 g/mol. The molecule has 1 aromatic carbocycles. The van der Waals surface area contributed by atoms with Crippen molar-refractivity contribution in [3.8, 4) is 5.75 Å². The quantitative estimate of drug-likeness (QED) is 0.780. The Bertz CT molecular complexity index is 473. The van der Waals surface area contributed by atoms with E-state index in [0.717, 1.165) is 23.1 Å². The predicted molar refractivity (Wildman–Crippen MR) is 88.0 cm³/mol. The Kier molecular flexibility index (Phi) is 5.65. The summed E-state index contributed by atoms with van der Waals surface area (Å²) in [5.41, 5.74) is 0.556. The molecule has 1 saturated heterocycles. The minimum Gasteiger partial charge on any atom is -0.507 e. The molecule has 0 bridgehead atoms. The van der Waals surface area contributed by atoms with E-state index in [1.807, 2.05) is 11.8 Å². The minimum absolute atomic E-state index is 0.00780. The maximum atomic E-state index is 12.5. The van der Waals surface area contributed by atoms with Gasteiger partial charge in [-0.3, -0.25) is 4.79 Å². The molecule has 1 unspecified atom stereocenters. The molecule has 2 N–H and O–H groups in total. The molecule has 1 amide bonds. The van der Waals surface area contributed by atoms with Crippen molar-refractivity contribution < 1.29 is 9.90 Å². The molecule has 20 heavy (non-hydrogen) atoms. The van der Waals surface area contributed by atoms with Gasteiger partial charge < -0.3 is 15.3 Å². The highest BCUT2D eigenvalue weighted by Crippen LogP contribution is 2.21. The van der Waals surface area contributed by atoms with E-state index >= 15 is 0 Å². The van der Waals surface area contributed by atoms with Crippen molar-refractivity contribution in [2.45, 2.75) is 32.2 Å². The first-order valence-corrected chi connectivity index (χ1v) is 8.21. The largest absolute Gasteiger partial charge is 0.507 e. The van der Waals surface area contributed by atoms with E-state index in [1.54, 1.807) is 18.2 Å². The molecule has 110 valence electrons. The number of nitrogens with zero attached hydrogens (tertiary/aromatic N) is 1. The Labute approximate surface area is 133 Å². The van der Waals surface area contributed by atoms with Gasteiger partial charge in [-0.25, -0.2) is 0 Å². The highest BCUT2D eigenvalue weighted by Gasteiger charge is 2.20. The number of hydrogen-bond acceptors (Lipinski definition) is 3. The summed E-state index contributed by atoms with van der Waals surface area (Å²) in [4.78, 5) is 14.3. The molecule has 1 fully saturated rings. The predicted octanol–water partition coefficient (Wildman–Crippen LogP) is 2.60. The van der Waals surface area contributed by atoms with Crippen LogP contribution in [0, 0.1) is 3.57 Å². The van der Waals surface area contributed by atoms with Crippen molar-refractivity contribution in [2.24, 2.45) is 0 Å². The smallest absolute Gasteiger partial charge is 0.254 e. The van der Waals surface area contributed by atoms with Crippen molar-refractivity contribution in [1.82, 2.24) is 10.2 Å². The highest BCUT2D eigenvalue weighted by atomic mass is 127. The first-order valence-electron chi connectivity index (χ1n) is 7.13. The Morgan fingerprint density at radius 3 is 2.90 bits per heavy atom. The van der Waals surface area contributed by atoms with Gasteiger partial charge in [-0.2, -0.15) is 0 Å². The molecule has 0 spiro atoms. The maximum absolute atomic E-state index is 12.5. The number of carbonyl (C=O) groups is 1. The van der Waals surface area contributed by atoms with Gasteiger partial charge in [0.15, 0.2) is 0 Å². The topological polar surface area (TPSA) is 52.6 Å². The van der Waals surface area contributed by atoms with Crippen LogP contribution < -0.4 is 5.32 Å². The van der Waals surface area contributed by atoms with Crippen LogP contribution in [0.2, 0.25) is 0 Å². The molecule has 1 aliphatic heterocycles. The summed E-state index contributed by atoms with van der Waals surface area (Å²) >= 11 is 2.05. The molecule has 0 saturated carbocycles. The van der Waals surface area contributed by atoms with E-state index < -0.39 is 0 Å². The van der Waals surface area contributed by atoms with Crippen LogP contribution in [0.4, 0.5) is 0 Å². The number of halogens is 1. The maximum Gasteiger partial charge on any atom is 0.254 e. The Morgan fingerprint density at radius 1 is 1.50 bits per heavy atom. The fourth-order valence-electron chi connectivity index (χ4n) is 2.53. The molecule has 0 radical (unpaired) electrons. The second-order valence-corrected chi connectivity index (χ2v) is 6.32. The number of phenolic OH excluding ortho intramolecular Hbond substituents is 1. The van der Waals surface area contributed by atoms with Crippen LogP contribution in [-0.4, -0.2) is 41.6 Å². The second kappa shape index (κ2) is 7.26. The van der Waals surface area contributed by atoms with E-state index in [9.17, 15) is 9.90 Å². The molecule has 4 nitrogen and oxygen atoms in total. The highest BCUT2D eigenvalue weighted by molar-refractivity contribution is 14.1. The number of aromatic hydroxyl groups is 1. The summed E-state index contributed by atoms with van der Waals surface area (Å²) in [6, 6.07) is 5.50. The van der Waals surface area contributed by atoms with Crippen LogP contribution in [-0.2, 0) is 0 Å². The van der Waals surface area contributed by atoms with Crippen LogP contribution >= 0.6 is 22.6 Å². The van der Waals surface area contributed by atoms with Gasteiger partial charge in [0.1, 0.15) is 5.75 Å². The Balaban J connectivity index is 2.05. The van der Waals surface area contributed by atoms with Gasteiger partial charge in [0.05, 0.1) is 3.57 Å². The van der Waals surface area contributed by atoms with Crippen LogP contribution in [0.3, 0.4) is 0 Å². The third-order valence-electron chi connectivity index (χ3n) is 3.72. The van der Waals surface area contributed by atoms with E-state index in [1.165, 1.54) is 12.8 Å². The molecular formula is C15H21IN2O2. The number of benzene rings is 1. The lowest BCUT2D eigenvalue weighted by molar-refractivity contribution is 0.0741. The number of piperidine rings is 1. The van der Waals surface area contributed by atoms with E-state index in [0.29, 0.717) is 18.2 Å². The van der Waals surface area contributed by atoms with Gasteiger partial charge in [-0.15, -0.1) is 0 Å². The number of hydrogen-bond donors (Lipinski definition) is 2. The molecule has 2 rings (SSSR count). The minimum atomic E-state index is -0.00780. The average Bonchev–Trinajstić information content (AvgIpc) is 2.48. The molecule has 1 aliphatic rings. The third-order valence-corrected chi connectivity index (χ3v) is 4.63. The monoisotopic (exact) mass is 388 g/mol. The van der Waals surface area contributed by atoms with Crippen LogP contribution in [0.1, 0.15) is 36.5 Å². The number of nitrogens with one attached hydrogen (secondary N) is 1. The fourth-order valence-corrected chi connectivity index (χ4v) is 2.87. The van der Waals surface area contributed by atoms with E-state index in [2.05, 4.69) is 27.9 Å². The van der Waals surface area contributed by atoms with Gasteiger partial charge in [-0.1, -0.05) is 6.42 Å². The zero-order valence-electron chi connectivity index (χ0n) is 11.7. The van der Waals surface area contributed by atoms with E-state index in [-0.39, 0.29) is 11.7 Å². The normalized spacial score (nSPS) is 18.8. The van der Waals surface area contributed by atoms with Crippen molar-refractivity contribution in [2.75, 3.05) is 19.6 Å². The lowest BCUT2D eigenvalue weighted by Crippen LogP contribution is -2.45. The van der Waals surface area contributed by atoms with Crippen LogP contribution in [0.5, 0.6) is 5.75 Å². The molecule has 1 heterocycles. The number of amides is 1.